The minimum Gasteiger partial charge on any atom is -0.457 e. The summed E-state index contributed by atoms with van der Waals surface area (Å²) in [5.74, 6) is -1.55. The highest BCUT2D eigenvalue weighted by atomic mass is 16.6. The molecule has 8 atom stereocenters. The van der Waals surface area contributed by atoms with Gasteiger partial charge in [-0.15, -0.1) is 0 Å². The highest BCUT2D eigenvalue weighted by molar-refractivity contribution is 5.87. The van der Waals surface area contributed by atoms with E-state index in [1.54, 1.807) is 65.8 Å². The number of cyclic esters (lactones) is 2. The normalized spacial score (nSPS) is 27.6. The smallest absolute Gasteiger partial charge is 0.360 e. The van der Waals surface area contributed by atoms with E-state index in [1.807, 2.05) is 0 Å². The Morgan fingerprint density at radius 1 is 0.625 bits per heavy atom. The maximum Gasteiger partial charge on any atom is 0.360 e. The summed E-state index contributed by atoms with van der Waals surface area (Å²) in [7, 11) is 0. The molecule has 56 heavy (non-hydrogen) atoms. The van der Waals surface area contributed by atoms with Gasteiger partial charge in [-0.05, 0) is 13.8 Å². The van der Waals surface area contributed by atoms with Crippen LogP contribution in [0.25, 0.3) is 12.2 Å². The third-order valence-electron chi connectivity index (χ3n) is 9.28. The summed E-state index contributed by atoms with van der Waals surface area (Å²) in [6, 6.07) is 0. The van der Waals surface area contributed by atoms with Crippen LogP contribution in [-0.4, -0.2) is 101 Å². The number of aliphatic hydroxyl groups excluding tert-OH is 6. The van der Waals surface area contributed by atoms with Gasteiger partial charge in [-0.25, -0.2) is 19.6 Å². The van der Waals surface area contributed by atoms with Crippen molar-refractivity contribution >= 4 is 24.1 Å². The zero-order valence-electron chi connectivity index (χ0n) is 32.5. The zero-order chi connectivity index (χ0) is 41.5. The van der Waals surface area contributed by atoms with Crippen molar-refractivity contribution in [2.45, 2.75) is 103 Å². The number of carbonyl (C=O) groups is 2. The Kier molecular flexibility index (Phi) is 17.3. The van der Waals surface area contributed by atoms with Gasteiger partial charge in [0.1, 0.15) is 49.2 Å². The van der Waals surface area contributed by atoms with Gasteiger partial charge in [-0.2, -0.15) is 0 Å². The fraction of sp³-hybridized carbons (Fsp3) is 0.429. The lowest BCUT2D eigenvalue weighted by atomic mass is 9.79. The van der Waals surface area contributed by atoms with Crippen LogP contribution < -0.4 is 0 Å². The molecule has 3 rings (SSSR count). The molecule has 14 heteroatoms. The predicted octanol–water partition coefficient (Wildman–Crippen LogP) is 4.83. The monoisotopic (exact) mass is 778 g/mol. The van der Waals surface area contributed by atoms with Crippen LogP contribution in [0.1, 0.15) is 87.1 Å². The first-order valence-electron chi connectivity index (χ1n) is 18.2. The number of oxazole rings is 2. The lowest BCUT2D eigenvalue weighted by Gasteiger charge is -2.36. The van der Waals surface area contributed by atoms with Crippen LogP contribution in [-0.2, 0) is 9.47 Å². The van der Waals surface area contributed by atoms with Gasteiger partial charge in [0.2, 0.25) is 11.8 Å². The van der Waals surface area contributed by atoms with Crippen LogP contribution in [0.4, 0.5) is 0 Å². The minimum atomic E-state index is -1.34. The van der Waals surface area contributed by atoms with E-state index < -0.39 is 71.6 Å². The van der Waals surface area contributed by atoms with Crippen molar-refractivity contribution in [1.82, 2.24) is 9.97 Å². The molecular weight excluding hydrogens is 724 g/mol. The van der Waals surface area contributed by atoms with Crippen LogP contribution >= 0.6 is 0 Å². The number of aliphatic hydroxyl groups is 6. The third kappa shape index (κ3) is 13.1. The molecule has 6 N–H and O–H groups in total. The van der Waals surface area contributed by atoms with Crippen molar-refractivity contribution in [1.29, 1.82) is 0 Å². The Labute approximate surface area is 326 Å². The predicted molar refractivity (Wildman–Crippen MR) is 209 cm³/mol. The maximum atomic E-state index is 13.2. The molecule has 0 saturated carbocycles. The van der Waals surface area contributed by atoms with Crippen LogP contribution in [0.3, 0.4) is 0 Å². The SMILES string of the molecule is C/C=C/C(O)C(C)(C)C1C/C=C\C(O)C(O)/C=C\C=Cc2nc(co2)C(=O)OC(C(C)(C)C(O)/C=C/C)C/C=C\C(O)C(O)/C=C\C=Cc2nc(co2)C(=O)O1. The highest BCUT2D eigenvalue weighted by Crippen LogP contribution is 2.33. The Hall–Kier alpha value is -4.96. The van der Waals surface area contributed by atoms with Crippen LogP contribution in [0.15, 0.2) is 106 Å². The van der Waals surface area contributed by atoms with E-state index in [0.29, 0.717) is 0 Å². The van der Waals surface area contributed by atoms with E-state index >= 15 is 0 Å². The van der Waals surface area contributed by atoms with E-state index in [9.17, 15) is 40.2 Å². The molecule has 3 heterocycles. The molecule has 4 bridgehead atoms. The molecule has 0 aliphatic carbocycles. The second kappa shape index (κ2) is 21.4. The van der Waals surface area contributed by atoms with E-state index in [4.69, 9.17) is 18.3 Å². The Balaban J connectivity index is 1.94. The van der Waals surface area contributed by atoms with Crippen molar-refractivity contribution < 1.29 is 58.5 Å². The number of aromatic nitrogens is 2. The Bertz CT molecular complexity index is 1680. The molecule has 2 aromatic heterocycles. The molecular formula is C42H54N2O12. The van der Waals surface area contributed by atoms with Gasteiger partial charge in [0, 0.05) is 35.8 Å². The zero-order valence-corrected chi connectivity index (χ0v) is 32.5. The first-order chi connectivity index (χ1) is 26.5. The van der Waals surface area contributed by atoms with Crippen LogP contribution in [0, 0.1) is 10.8 Å². The quantitative estimate of drug-likeness (QED) is 0.171. The van der Waals surface area contributed by atoms with Crippen molar-refractivity contribution in [3.05, 3.63) is 121 Å². The molecule has 0 saturated heterocycles. The number of hydrogen-bond donors (Lipinski definition) is 6. The molecule has 0 spiro atoms. The molecule has 0 radical (unpaired) electrons. The summed E-state index contributed by atoms with van der Waals surface area (Å²) in [5.41, 5.74) is -2.28. The van der Waals surface area contributed by atoms with Gasteiger partial charge in [-0.3, -0.25) is 0 Å². The first kappa shape index (κ1) is 45.4. The molecule has 0 aromatic carbocycles. The van der Waals surface area contributed by atoms with Crippen molar-refractivity contribution in [2.24, 2.45) is 10.8 Å². The van der Waals surface area contributed by atoms with E-state index in [-0.39, 0.29) is 36.0 Å². The minimum absolute atomic E-state index is 0.0472. The summed E-state index contributed by atoms with van der Waals surface area (Å²) in [4.78, 5) is 34.7. The number of allylic oxidation sites excluding steroid dienone is 6. The molecule has 0 fully saturated rings. The van der Waals surface area contributed by atoms with Crippen molar-refractivity contribution in [3.63, 3.8) is 0 Å². The summed E-state index contributed by atoms with van der Waals surface area (Å²) < 4.78 is 22.4. The maximum absolute atomic E-state index is 13.2. The molecule has 0 amide bonds. The molecule has 1 aliphatic heterocycles. The number of hydrogen-bond acceptors (Lipinski definition) is 14. The summed E-state index contributed by atoms with van der Waals surface area (Å²) in [6.07, 6.45) is 16.7. The van der Waals surface area contributed by atoms with E-state index in [1.165, 1.54) is 72.9 Å². The van der Waals surface area contributed by atoms with Gasteiger partial charge < -0.3 is 48.9 Å². The number of nitrogens with zero attached hydrogens (tertiary/aromatic N) is 2. The fourth-order valence-electron chi connectivity index (χ4n) is 5.31. The lowest BCUT2D eigenvalue weighted by Crippen LogP contribution is -2.42. The fourth-order valence-corrected chi connectivity index (χ4v) is 5.31. The van der Waals surface area contributed by atoms with Crippen molar-refractivity contribution in [3.8, 4) is 0 Å². The van der Waals surface area contributed by atoms with Gasteiger partial charge in [0.25, 0.3) is 0 Å². The highest BCUT2D eigenvalue weighted by Gasteiger charge is 2.39. The summed E-state index contributed by atoms with van der Waals surface area (Å²) >= 11 is 0. The molecule has 304 valence electrons. The molecule has 8 unspecified atom stereocenters. The van der Waals surface area contributed by atoms with Gasteiger partial charge in [-0.1, -0.05) is 113 Å². The van der Waals surface area contributed by atoms with Crippen LogP contribution in [0.5, 0.6) is 0 Å². The largest absolute Gasteiger partial charge is 0.457 e. The van der Waals surface area contributed by atoms with Gasteiger partial charge in [0.15, 0.2) is 11.4 Å². The van der Waals surface area contributed by atoms with Crippen molar-refractivity contribution in [2.75, 3.05) is 0 Å². The summed E-state index contributed by atoms with van der Waals surface area (Å²) in [6.45, 7) is 10.4. The first-order valence-corrected chi connectivity index (χ1v) is 18.2. The Morgan fingerprint density at radius 3 is 1.34 bits per heavy atom. The third-order valence-corrected chi connectivity index (χ3v) is 9.28. The molecule has 1 aliphatic rings. The second-order valence-electron chi connectivity index (χ2n) is 14.3. The summed E-state index contributed by atoms with van der Waals surface area (Å²) in [5, 5.41) is 63.9. The van der Waals surface area contributed by atoms with E-state index in [2.05, 4.69) is 9.97 Å². The second-order valence-corrected chi connectivity index (χ2v) is 14.3. The lowest BCUT2D eigenvalue weighted by molar-refractivity contribution is -0.0462. The molecule has 14 nitrogen and oxygen atoms in total. The number of rotatable bonds is 6. The number of carbonyl (C=O) groups excluding carboxylic acids is 2. The van der Waals surface area contributed by atoms with Gasteiger partial charge >= 0.3 is 11.9 Å². The standard InChI is InChI=1S/C42H54N2O12/c1-7-15-33(49)41(3,4)35-21-13-19-31(47)29(45)17-9-12-24-38-44-28(26-54-38)40(52)56-36(42(5,6)34(50)16-8-2)22-14-20-32(48)30(46)18-10-11-23-37-43-27(25-53-37)39(51)55-35/h7-20,23-26,29-36,45-50H,21-22H2,1-6H3/b15-7+,16-8+,17-9-,18-10-,19-13-,20-14-,23-11?,24-12?. The average molecular weight is 779 g/mol. The van der Waals surface area contributed by atoms with Crippen LogP contribution in [0.2, 0.25) is 0 Å². The topological polar surface area (TPSA) is 226 Å². The Morgan fingerprint density at radius 2 is 0.982 bits per heavy atom. The number of ether oxygens (including phenoxy) is 2. The average Bonchev–Trinajstić information content (AvgIpc) is 3.84. The van der Waals surface area contributed by atoms with E-state index in [0.717, 1.165) is 12.5 Å². The molecule has 2 aromatic rings. The number of esters is 2. The number of fused-ring (bicyclic) bond motifs is 4. The van der Waals surface area contributed by atoms with Gasteiger partial charge in [0.05, 0.1) is 12.2 Å².